The molecule has 0 saturated carbocycles. The van der Waals surface area contributed by atoms with Crippen LogP contribution in [0.3, 0.4) is 0 Å². The standard InChI is InChI=1S/C23H26N4O2/c1-15-9-10-16(2)18(12-15)13-24-22(28)17-6-5-11-27(14-17)21-23(29)26-20-8-4-3-7-19(20)25-21/h3-4,7-10,12,17H,5-6,11,13-14H2,1-2H3,(H,24,28)(H,26,29)/t17-/m0/s1. The highest BCUT2D eigenvalue weighted by molar-refractivity contribution is 5.80. The number of nitrogens with zero attached hydrogens (tertiary/aromatic N) is 2. The second-order valence-corrected chi connectivity index (χ2v) is 7.84. The molecule has 3 aromatic rings. The minimum atomic E-state index is -0.208. The summed E-state index contributed by atoms with van der Waals surface area (Å²) in [6, 6.07) is 13.8. The molecule has 1 saturated heterocycles. The number of anilines is 1. The third-order valence-electron chi connectivity index (χ3n) is 5.63. The molecule has 0 bridgehead atoms. The van der Waals surface area contributed by atoms with E-state index in [9.17, 15) is 9.59 Å². The fourth-order valence-corrected chi connectivity index (χ4v) is 3.94. The van der Waals surface area contributed by atoms with Crippen molar-refractivity contribution in [1.29, 1.82) is 0 Å². The first-order valence-electron chi connectivity index (χ1n) is 10.1. The maximum atomic E-state index is 12.8. The third kappa shape index (κ3) is 4.16. The minimum Gasteiger partial charge on any atom is -0.352 e. The SMILES string of the molecule is Cc1ccc(C)c(CNC(=O)[C@H]2CCCN(c3nc4ccccc4[nH]c3=O)C2)c1. The highest BCUT2D eigenvalue weighted by Crippen LogP contribution is 2.21. The van der Waals surface area contributed by atoms with Crippen LogP contribution in [-0.4, -0.2) is 29.0 Å². The van der Waals surface area contributed by atoms with Crippen LogP contribution in [0.1, 0.15) is 29.5 Å². The number of H-pyrrole nitrogens is 1. The number of rotatable bonds is 4. The van der Waals surface area contributed by atoms with Crippen molar-refractivity contribution in [3.8, 4) is 0 Å². The number of amides is 1. The zero-order chi connectivity index (χ0) is 20.4. The number of carbonyl (C=O) groups is 1. The molecule has 1 aliphatic rings. The monoisotopic (exact) mass is 390 g/mol. The number of fused-ring (bicyclic) bond motifs is 1. The minimum absolute atomic E-state index is 0.0350. The molecule has 0 unspecified atom stereocenters. The fourth-order valence-electron chi connectivity index (χ4n) is 3.94. The predicted molar refractivity (Wildman–Crippen MR) is 115 cm³/mol. The van der Waals surface area contributed by atoms with Crippen LogP contribution in [0.4, 0.5) is 5.82 Å². The second kappa shape index (κ2) is 8.07. The lowest BCUT2D eigenvalue weighted by Gasteiger charge is -2.32. The number of para-hydroxylation sites is 2. The van der Waals surface area contributed by atoms with Gasteiger partial charge in [-0.25, -0.2) is 4.98 Å². The van der Waals surface area contributed by atoms with E-state index >= 15 is 0 Å². The van der Waals surface area contributed by atoms with E-state index in [4.69, 9.17) is 0 Å². The number of piperidine rings is 1. The molecule has 2 N–H and O–H groups in total. The number of hydrogen-bond acceptors (Lipinski definition) is 4. The van der Waals surface area contributed by atoms with Gasteiger partial charge in [0.25, 0.3) is 5.56 Å². The molecule has 0 spiro atoms. The first-order chi connectivity index (χ1) is 14.0. The molecule has 4 rings (SSSR count). The van der Waals surface area contributed by atoms with E-state index in [1.807, 2.05) is 29.2 Å². The second-order valence-electron chi connectivity index (χ2n) is 7.84. The highest BCUT2D eigenvalue weighted by atomic mass is 16.2. The summed E-state index contributed by atoms with van der Waals surface area (Å²) in [7, 11) is 0. The van der Waals surface area contributed by atoms with Crippen molar-refractivity contribution in [2.45, 2.75) is 33.2 Å². The first-order valence-corrected chi connectivity index (χ1v) is 10.1. The number of aryl methyl sites for hydroxylation is 2. The lowest BCUT2D eigenvalue weighted by Crippen LogP contribution is -2.45. The molecular formula is C23H26N4O2. The van der Waals surface area contributed by atoms with Gasteiger partial charge in [0.2, 0.25) is 5.91 Å². The topological polar surface area (TPSA) is 78.1 Å². The van der Waals surface area contributed by atoms with E-state index in [0.29, 0.717) is 18.9 Å². The van der Waals surface area contributed by atoms with Crippen LogP contribution >= 0.6 is 0 Å². The lowest BCUT2D eigenvalue weighted by molar-refractivity contribution is -0.125. The normalized spacial score (nSPS) is 16.8. The van der Waals surface area contributed by atoms with E-state index in [1.165, 1.54) is 11.1 Å². The predicted octanol–water partition coefficient (Wildman–Crippen LogP) is 3.07. The average molecular weight is 390 g/mol. The Balaban J connectivity index is 1.47. The molecule has 0 radical (unpaired) electrons. The van der Waals surface area contributed by atoms with Crippen molar-refractivity contribution in [3.05, 3.63) is 69.5 Å². The van der Waals surface area contributed by atoms with Crippen LogP contribution in [-0.2, 0) is 11.3 Å². The molecule has 6 heteroatoms. The average Bonchev–Trinajstić information content (AvgIpc) is 2.73. The summed E-state index contributed by atoms with van der Waals surface area (Å²) in [6.07, 6.45) is 1.68. The van der Waals surface area contributed by atoms with E-state index in [2.05, 4.69) is 47.3 Å². The Morgan fingerprint density at radius 1 is 1.24 bits per heavy atom. The van der Waals surface area contributed by atoms with E-state index in [1.54, 1.807) is 0 Å². The summed E-state index contributed by atoms with van der Waals surface area (Å²) in [6.45, 7) is 5.87. The molecule has 2 aromatic carbocycles. The van der Waals surface area contributed by atoms with Gasteiger partial charge in [0.1, 0.15) is 0 Å². The first kappa shape index (κ1) is 19.2. The Bertz CT molecular complexity index is 1110. The van der Waals surface area contributed by atoms with Crippen molar-refractivity contribution >= 4 is 22.8 Å². The Hall–Kier alpha value is -3.15. The largest absolute Gasteiger partial charge is 0.352 e. The van der Waals surface area contributed by atoms with Gasteiger partial charge >= 0.3 is 0 Å². The Kier molecular flexibility index (Phi) is 5.34. The van der Waals surface area contributed by atoms with Gasteiger partial charge in [-0.05, 0) is 49.9 Å². The van der Waals surface area contributed by atoms with E-state index in [-0.39, 0.29) is 17.4 Å². The molecule has 1 aliphatic heterocycles. The number of aromatic nitrogens is 2. The van der Waals surface area contributed by atoms with E-state index < -0.39 is 0 Å². The zero-order valence-electron chi connectivity index (χ0n) is 16.9. The molecule has 150 valence electrons. The summed E-state index contributed by atoms with van der Waals surface area (Å²) < 4.78 is 0. The molecule has 1 atom stereocenters. The summed E-state index contributed by atoms with van der Waals surface area (Å²) in [4.78, 5) is 34.7. The van der Waals surface area contributed by atoms with Gasteiger partial charge in [-0.2, -0.15) is 0 Å². The molecule has 1 aromatic heterocycles. The fraction of sp³-hybridized carbons (Fsp3) is 0.348. The molecule has 1 fully saturated rings. The van der Waals surface area contributed by atoms with Crippen molar-refractivity contribution in [3.63, 3.8) is 0 Å². The Morgan fingerprint density at radius 2 is 2.07 bits per heavy atom. The number of nitrogens with one attached hydrogen (secondary N) is 2. The maximum absolute atomic E-state index is 12.8. The smallest absolute Gasteiger partial charge is 0.291 e. The van der Waals surface area contributed by atoms with Gasteiger partial charge in [-0.15, -0.1) is 0 Å². The van der Waals surface area contributed by atoms with Crippen molar-refractivity contribution in [2.75, 3.05) is 18.0 Å². The van der Waals surface area contributed by atoms with Gasteiger partial charge in [0.05, 0.1) is 17.0 Å². The number of carbonyl (C=O) groups excluding carboxylic acids is 1. The van der Waals surface area contributed by atoms with Crippen LogP contribution in [0, 0.1) is 19.8 Å². The van der Waals surface area contributed by atoms with Crippen molar-refractivity contribution < 1.29 is 4.79 Å². The van der Waals surface area contributed by atoms with Gasteiger partial charge in [-0.1, -0.05) is 35.9 Å². The van der Waals surface area contributed by atoms with Crippen molar-refractivity contribution in [1.82, 2.24) is 15.3 Å². The number of benzene rings is 2. The van der Waals surface area contributed by atoms with Crippen LogP contribution < -0.4 is 15.8 Å². The summed E-state index contributed by atoms with van der Waals surface area (Å²) in [5.41, 5.74) is 4.77. The zero-order valence-corrected chi connectivity index (χ0v) is 16.9. The van der Waals surface area contributed by atoms with Crippen molar-refractivity contribution in [2.24, 2.45) is 5.92 Å². The lowest BCUT2D eigenvalue weighted by atomic mass is 9.97. The van der Waals surface area contributed by atoms with Crippen LogP contribution in [0.15, 0.2) is 47.3 Å². The number of aromatic amines is 1. The maximum Gasteiger partial charge on any atom is 0.291 e. The molecule has 1 amide bonds. The quantitative estimate of drug-likeness (QED) is 0.718. The summed E-state index contributed by atoms with van der Waals surface area (Å²) >= 11 is 0. The number of hydrogen-bond donors (Lipinski definition) is 2. The molecule has 6 nitrogen and oxygen atoms in total. The molecule has 0 aliphatic carbocycles. The molecule has 29 heavy (non-hydrogen) atoms. The summed E-state index contributed by atoms with van der Waals surface area (Å²) in [5.74, 6) is 0.282. The van der Waals surface area contributed by atoms with E-state index in [0.717, 1.165) is 36.0 Å². The van der Waals surface area contributed by atoms with Crippen LogP contribution in [0.25, 0.3) is 11.0 Å². The Morgan fingerprint density at radius 3 is 2.93 bits per heavy atom. The highest BCUT2D eigenvalue weighted by Gasteiger charge is 2.28. The molecule has 2 heterocycles. The summed E-state index contributed by atoms with van der Waals surface area (Å²) in [5, 5.41) is 3.08. The van der Waals surface area contributed by atoms with Gasteiger partial charge in [0, 0.05) is 19.6 Å². The van der Waals surface area contributed by atoms with Crippen LogP contribution in [0.2, 0.25) is 0 Å². The van der Waals surface area contributed by atoms with Gasteiger partial charge < -0.3 is 15.2 Å². The van der Waals surface area contributed by atoms with Crippen LogP contribution in [0.5, 0.6) is 0 Å². The molecular weight excluding hydrogens is 364 g/mol. The van der Waals surface area contributed by atoms with Gasteiger partial charge in [0.15, 0.2) is 5.82 Å². The Labute approximate surface area is 170 Å². The third-order valence-corrected chi connectivity index (χ3v) is 5.63. The van der Waals surface area contributed by atoms with Gasteiger partial charge in [-0.3, -0.25) is 9.59 Å².